The van der Waals surface area contributed by atoms with Crippen LogP contribution >= 0.6 is 0 Å². The molecule has 6 heteroatoms. The molecule has 1 fully saturated rings. The molecule has 0 aliphatic carbocycles. The van der Waals surface area contributed by atoms with Gasteiger partial charge in [0, 0.05) is 31.4 Å². The van der Waals surface area contributed by atoms with Crippen molar-refractivity contribution in [3.8, 4) is 0 Å². The van der Waals surface area contributed by atoms with E-state index in [1.165, 1.54) is 12.8 Å². The molecule has 2 N–H and O–H groups in total. The SMILES string of the molecule is CCC(C)C(NC(=O)c1ccccc1)C(=O)NCc1ccc(N2CCCC2)nc1. The molecule has 1 aliphatic rings. The van der Waals surface area contributed by atoms with Crippen LogP contribution in [0.3, 0.4) is 0 Å². The predicted octanol–water partition coefficient (Wildman–Crippen LogP) is 3.14. The van der Waals surface area contributed by atoms with Gasteiger partial charge in [0.25, 0.3) is 5.91 Å². The highest BCUT2D eigenvalue weighted by Crippen LogP contribution is 2.17. The van der Waals surface area contributed by atoms with Crippen LogP contribution in [-0.2, 0) is 11.3 Å². The van der Waals surface area contributed by atoms with Crippen LogP contribution in [0.1, 0.15) is 49.0 Å². The van der Waals surface area contributed by atoms with E-state index in [-0.39, 0.29) is 17.7 Å². The van der Waals surface area contributed by atoms with E-state index >= 15 is 0 Å². The number of carbonyl (C=O) groups is 2. The molecule has 2 heterocycles. The second kappa shape index (κ2) is 10.0. The van der Waals surface area contributed by atoms with Gasteiger partial charge in [-0.05, 0) is 42.5 Å². The van der Waals surface area contributed by atoms with Gasteiger partial charge in [-0.15, -0.1) is 0 Å². The molecule has 2 atom stereocenters. The van der Waals surface area contributed by atoms with Gasteiger partial charge in [0.15, 0.2) is 0 Å². The fourth-order valence-corrected chi connectivity index (χ4v) is 3.47. The largest absolute Gasteiger partial charge is 0.357 e. The van der Waals surface area contributed by atoms with Crippen LogP contribution in [0.2, 0.25) is 0 Å². The Morgan fingerprint density at radius 3 is 2.45 bits per heavy atom. The molecule has 0 spiro atoms. The highest BCUT2D eigenvalue weighted by Gasteiger charge is 2.26. The van der Waals surface area contributed by atoms with Crippen molar-refractivity contribution in [1.29, 1.82) is 0 Å². The van der Waals surface area contributed by atoms with Crippen LogP contribution < -0.4 is 15.5 Å². The first-order valence-electron chi connectivity index (χ1n) is 10.4. The summed E-state index contributed by atoms with van der Waals surface area (Å²) in [7, 11) is 0. The quantitative estimate of drug-likeness (QED) is 0.721. The summed E-state index contributed by atoms with van der Waals surface area (Å²) in [5.74, 6) is 0.610. The number of aromatic nitrogens is 1. The first-order valence-corrected chi connectivity index (χ1v) is 10.4. The summed E-state index contributed by atoms with van der Waals surface area (Å²) < 4.78 is 0. The van der Waals surface area contributed by atoms with Crippen LogP contribution in [0.25, 0.3) is 0 Å². The number of hydrogen-bond donors (Lipinski definition) is 2. The van der Waals surface area contributed by atoms with Crippen LogP contribution in [0.4, 0.5) is 5.82 Å². The molecule has 0 saturated carbocycles. The van der Waals surface area contributed by atoms with Gasteiger partial charge in [-0.25, -0.2) is 4.98 Å². The van der Waals surface area contributed by atoms with Crippen molar-refractivity contribution >= 4 is 17.6 Å². The first kappa shape index (κ1) is 20.8. The van der Waals surface area contributed by atoms with E-state index < -0.39 is 6.04 Å². The van der Waals surface area contributed by atoms with Gasteiger partial charge < -0.3 is 15.5 Å². The number of nitrogens with one attached hydrogen (secondary N) is 2. The summed E-state index contributed by atoms with van der Waals surface area (Å²) in [5.41, 5.74) is 1.49. The third-order valence-electron chi connectivity index (χ3n) is 5.52. The smallest absolute Gasteiger partial charge is 0.251 e. The molecular weight excluding hydrogens is 364 g/mol. The Hall–Kier alpha value is -2.89. The van der Waals surface area contributed by atoms with E-state index in [0.29, 0.717) is 12.1 Å². The lowest BCUT2D eigenvalue weighted by Crippen LogP contribution is -2.50. The fourth-order valence-electron chi connectivity index (χ4n) is 3.47. The fraction of sp³-hybridized carbons (Fsp3) is 0.435. The van der Waals surface area contributed by atoms with Crippen molar-refractivity contribution in [1.82, 2.24) is 15.6 Å². The molecule has 0 radical (unpaired) electrons. The molecular formula is C23H30N4O2. The maximum Gasteiger partial charge on any atom is 0.251 e. The summed E-state index contributed by atoms with van der Waals surface area (Å²) in [6.45, 7) is 6.49. The summed E-state index contributed by atoms with van der Waals surface area (Å²) in [6, 6.07) is 12.4. The van der Waals surface area contributed by atoms with E-state index in [2.05, 4.69) is 20.5 Å². The highest BCUT2D eigenvalue weighted by atomic mass is 16.2. The Morgan fingerprint density at radius 1 is 1.10 bits per heavy atom. The second-order valence-corrected chi connectivity index (χ2v) is 7.64. The zero-order chi connectivity index (χ0) is 20.6. The number of anilines is 1. The van der Waals surface area contributed by atoms with E-state index in [0.717, 1.165) is 30.9 Å². The third-order valence-corrected chi connectivity index (χ3v) is 5.52. The molecule has 29 heavy (non-hydrogen) atoms. The Morgan fingerprint density at radius 2 is 1.83 bits per heavy atom. The van der Waals surface area contributed by atoms with Gasteiger partial charge >= 0.3 is 0 Å². The van der Waals surface area contributed by atoms with Crippen LogP contribution in [0.15, 0.2) is 48.7 Å². The van der Waals surface area contributed by atoms with Crippen molar-refractivity contribution in [3.05, 3.63) is 59.8 Å². The Bertz CT molecular complexity index is 801. The van der Waals surface area contributed by atoms with Crippen molar-refractivity contribution in [2.45, 2.75) is 45.7 Å². The zero-order valence-electron chi connectivity index (χ0n) is 17.2. The van der Waals surface area contributed by atoms with Crippen LogP contribution in [0.5, 0.6) is 0 Å². The Balaban J connectivity index is 1.58. The number of carbonyl (C=O) groups excluding carboxylic acids is 2. The van der Waals surface area contributed by atoms with Gasteiger partial charge in [-0.1, -0.05) is 44.5 Å². The zero-order valence-corrected chi connectivity index (χ0v) is 17.2. The van der Waals surface area contributed by atoms with Gasteiger partial charge in [-0.3, -0.25) is 9.59 Å². The van der Waals surface area contributed by atoms with Crippen LogP contribution in [0, 0.1) is 5.92 Å². The molecule has 2 unspecified atom stereocenters. The minimum atomic E-state index is -0.579. The molecule has 2 amide bonds. The lowest BCUT2D eigenvalue weighted by molar-refractivity contribution is -0.124. The van der Waals surface area contributed by atoms with Gasteiger partial charge in [0.05, 0.1) is 0 Å². The molecule has 1 aromatic heterocycles. The van der Waals surface area contributed by atoms with Gasteiger partial charge in [0.1, 0.15) is 11.9 Å². The molecule has 1 aromatic carbocycles. The van der Waals surface area contributed by atoms with E-state index in [1.807, 2.05) is 50.4 Å². The molecule has 3 rings (SSSR count). The number of rotatable bonds is 8. The van der Waals surface area contributed by atoms with Gasteiger partial charge in [-0.2, -0.15) is 0 Å². The average molecular weight is 395 g/mol. The molecule has 1 saturated heterocycles. The highest BCUT2D eigenvalue weighted by molar-refractivity contribution is 5.97. The maximum absolute atomic E-state index is 12.8. The normalized spacial score (nSPS) is 15.6. The Kier molecular flexibility index (Phi) is 7.22. The van der Waals surface area contributed by atoms with Crippen molar-refractivity contribution in [3.63, 3.8) is 0 Å². The van der Waals surface area contributed by atoms with Crippen molar-refractivity contribution < 1.29 is 9.59 Å². The lowest BCUT2D eigenvalue weighted by atomic mass is 9.97. The van der Waals surface area contributed by atoms with E-state index in [4.69, 9.17) is 0 Å². The number of hydrogen-bond acceptors (Lipinski definition) is 4. The minimum absolute atomic E-state index is 0.0262. The standard InChI is InChI=1S/C23H30N4O2/c1-3-17(2)21(26-22(28)19-9-5-4-6-10-19)23(29)25-16-18-11-12-20(24-15-18)27-13-7-8-14-27/h4-6,9-12,15,17,21H,3,7-8,13-14,16H2,1-2H3,(H,25,29)(H,26,28). The monoisotopic (exact) mass is 394 g/mol. The summed E-state index contributed by atoms with van der Waals surface area (Å²) >= 11 is 0. The lowest BCUT2D eigenvalue weighted by Gasteiger charge is -2.23. The number of nitrogens with zero attached hydrogens (tertiary/aromatic N) is 2. The summed E-state index contributed by atoms with van der Waals surface area (Å²) in [6.07, 6.45) is 5.03. The third kappa shape index (κ3) is 5.56. The topological polar surface area (TPSA) is 74.3 Å². The molecule has 2 aromatic rings. The summed E-state index contributed by atoms with van der Waals surface area (Å²) in [5, 5.41) is 5.85. The molecule has 6 nitrogen and oxygen atoms in total. The second-order valence-electron chi connectivity index (χ2n) is 7.64. The molecule has 1 aliphatic heterocycles. The maximum atomic E-state index is 12.8. The average Bonchev–Trinajstić information content (AvgIpc) is 3.31. The Labute approximate surface area is 172 Å². The number of pyridine rings is 1. The first-order chi connectivity index (χ1) is 14.1. The predicted molar refractivity (Wildman–Crippen MR) is 115 cm³/mol. The van der Waals surface area contributed by atoms with Gasteiger partial charge in [0.2, 0.25) is 5.91 Å². The van der Waals surface area contributed by atoms with Crippen molar-refractivity contribution in [2.75, 3.05) is 18.0 Å². The number of benzene rings is 1. The summed E-state index contributed by atoms with van der Waals surface area (Å²) in [4.78, 5) is 32.1. The molecule has 154 valence electrons. The van der Waals surface area contributed by atoms with E-state index in [9.17, 15) is 9.59 Å². The van der Waals surface area contributed by atoms with Crippen LogP contribution in [-0.4, -0.2) is 35.9 Å². The van der Waals surface area contributed by atoms with Crippen molar-refractivity contribution in [2.24, 2.45) is 5.92 Å². The minimum Gasteiger partial charge on any atom is -0.357 e. The van der Waals surface area contributed by atoms with E-state index in [1.54, 1.807) is 12.1 Å². The molecule has 0 bridgehead atoms. The number of amides is 2.